The molecule has 31 heavy (non-hydrogen) atoms. The summed E-state index contributed by atoms with van der Waals surface area (Å²) >= 11 is 0. The van der Waals surface area contributed by atoms with Gasteiger partial charge in [0.15, 0.2) is 0 Å². The minimum Gasteiger partial charge on any atom is -0.352 e. The van der Waals surface area contributed by atoms with Gasteiger partial charge in [-0.2, -0.15) is 10.1 Å². The van der Waals surface area contributed by atoms with E-state index < -0.39 is 0 Å². The van der Waals surface area contributed by atoms with Crippen molar-refractivity contribution in [2.24, 2.45) is 0 Å². The second-order valence-corrected chi connectivity index (χ2v) is 7.01. The Balaban J connectivity index is 1.24. The first kappa shape index (κ1) is 20.4. The smallest absolute Gasteiger partial charge is 0.226 e. The van der Waals surface area contributed by atoms with Crippen molar-refractivity contribution in [3.8, 4) is 11.4 Å². The van der Waals surface area contributed by atoms with Gasteiger partial charge in [0.25, 0.3) is 0 Å². The Morgan fingerprint density at radius 3 is 2.68 bits per heavy atom. The summed E-state index contributed by atoms with van der Waals surface area (Å²) < 4.78 is 20.0. The summed E-state index contributed by atoms with van der Waals surface area (Å²) in [6.07, 6.45) is 4.58. The molecule has 2 heterocycles. The molecule has 0 aliphatic rings. The average Bonchev–Trinajstić information content (AvgIpc) is 3.46. The fourth-order valence-corrected chi connectivity index (χ4v) is 3.13. The number of rotatable bonds is 9. The molecule has 1 amide bonds. The number of hydrogen-bond acceptors (Lipinski definition) is 6. The fourth-order valence-electron chi connectivity index (χ4n) is 3.13. The molecule has 158 valence electrons. The van der Waals surface area contributed by atoms with E-state index in [9.17, 15) is 9.18 Å². The number of halogens is 1. The van der Waals surface area contributed by atoms with E-state index in [1.54, 1.807) is 23.1 Å². The van der Waals surface area contributed by atoms with Crippen molar-refractivity contribution in [1.29, 1.82) is 0 Å². The summed E-state index contributed by atoms with van der Waals surface area (Å²) in [5.41, 5.74) is 2.79. The van der Waals surface area contributed by atoms with Gasteiger partial charge < -0.3 is 9.84 Å². The van der Waals surface area contributed by atoms with Crippen LogP contribution in [-0.2, 0) is 24.3 Å². The number of benzene rings is 2. The molecule has 9 heteroatoms. The third-order valence-corrected chi connectivity index (χ3v) is 4.76. The van der Waals surface area contributed by atoms with Gasteiger partial charge in [0.05, 0.1) is 6.54 Å². The van der Waals surface area contributed by atoms with Gasteiger partial charge in [-0.1, -0.05) is 29.4 Å². The normalized spacial score (nSPS) is 10.9. The maximum Gasteiger partial charge on any atom is 0.226 e. The lowest BCUT2D eigenvalue weighted by atomic mass is 10.1. The van der Waals surface area contributed by atoms with Gasteiger partial charge in [0, 0.05) is 24.9 Å². The van der Waals surface area contributed by atoms with Gasteiger partial charge in [-0.3, -0.25) is 4.79 Å². The predicted molar refractivity (Wildman–Crippen MR) is 110 cm³/mol. The van der Waals surface area contributed by atoms with Crippen LogP contribution in [0.25, 0.3) is 11.4 Å². The molecule has 2 aromatic carbocycles. The predicted octanol–water partition coefficient (Wildman–Crippen LogP) is 3.15. The molecule has 0 aliphatic heterocycles. The van der Waals surface area contributed by atoms with Crippen LogP contribution in [0.5, 0.6) is 0 Å². The van der Waals surface area contributed by atoms with Gasteiger partial charge in [-0.25, -0.2) is 14.1 Å². The molecular formula is C22H21FN6O2. The third-order valence-electron chi connectivity index (χ3n) is 4.76. The standard InChI is InChI=1S/C22H21FN6O2/c23-19-10-8-16(9-11-19)22-27-21(31-28-22)7-3-6-20(30)25-12-17-4-1-2-5-18(17)13-29-15-24-14-26-29/h1-2,4-5,8-11,14-15H,3,6-7,12-13H2,(H,25,30). The van der Waals surface area contributed by atoms with Crippen LogP contribution in [0.2, 0.25) is 0 Å². The van der Waals surface area contributed by atoms with Crippen LogP contribution in [0.4, 0.5) is 4.39 Å². The Labute approximate surface area is 178 Å². The number of amides is 1. The first-order chi connectivity index (χ1) is 15.2. The average molecular weight is 420 g/mol. The first-order valence-corrected chi connectivity index (χ1v) is 9.92. The van der Waals surface area contributed by atoms with Gasteiger partial charge in [-0.05, 0) is 41.8 Å². The van der Waals surface area contributed by atoms with Crippen LogP contribution < -0.4 is 5.32 Å². The molecule has 0 fully saturated rings. The second-order valence-electron chi connectivity index (χ2n) is 7.01. The zero-order chi connectivity index (χ0) is 21.5. The Kier molecular flexibility index (Phi) is 6.41. The molecule has 4 aromatic rings. The summed E-state index contributed by atoms with van der Waals surface area (Å²) in [5, 5.41) is 11.0. The Bertz CT molecular complexity index is 1130. The maximum atomic E-state index is 13.0. The summed E-state index contributed by atoms with van der Waals surface area (Å²) in [6.45, 7) is 1.04. The monoisotopic (exact) mass is 420 g/mol. The SMILES string of the molecule is O=C(CCCc1nc(-c2ccc(F)cc2)no1)NCc1ccccc1Cn1cncn1. The molecule has 0 radical (unpaired) electrons. The van der Waals surface area contributed by atoms with Crippen molar-refractivity contribution >= 4 is 5.91 Å². The summed E-state index contributed by atoms with van der Waals surface area (Å²) in [6, 6.07) is 13.8. The number of aryl methyl sites for hydroxylation is 1. The molecule has 2 aromatic heterocycles. The van der Waals surface area contributed by atoms with Gasteiger partial charge >= 0.3 is 0 Å². The molecule has 0 bridgehead atoms. The molecule has 0 spiro atoms. The Morgan fingerprint density at radius 1 is 1.10 bits per heavy atom. The maximum absolute atomic E-state index is 13.0. The largest absolute Gasteiger partial charge is 0.352 e. The number of hydrogen-bond donors (Lipinski definition) is 1. The molecule has 4 rings (SSSR count). The highest BCUT2D eigenvalue weighted by Gasteiger charge is 2.10. The Morgan fingerprint density at radius 2 is 1.90 bits per heavy atom. The highest BCUT2D eigenvalue weighted by atomic mass is 19.1. The number of carbonyl (C=O) groups excluding carboxylic acids is 1. The molecule has 0 unspecified atom stereocenters. The lowest BCUT2D eigenvalue weighted by molar-refractivity contribution is -0.121. The van der Waals surface area contributed by atoms with Crippen molar-refractivity contribution in [3.05, 3.63) is 84.0 Å². The highest BCUT2D eigenvalue weighted by Crippen LogP contribution is 2.17. The van der Waals surface area contributed by atoms with Crippen LogP contribution in [0.3, 0.4) is 0 Å². The van der Waals surface area contributed by atoms with Crippen molar-refractivity contribution in [1.82, 2.24) is 30.2 Å². The van der Waals surface area contributed by atoms with Gasteiger partial charge in [-0.15, -0.1) is 0 Å². The van der Waals surface area contributed by atoms with E-state index in [0.29, 0.717) is 49.6 Å². The lowest BCUT2D eigenvalue weighted by Crippen LogP contribution is -2.23. The van der Waals surface area contributed by atoms with Crippen molar-refractivity contribution in [2.45, 2.75) is 32.4 Å². The van der Waals surface area contributed by atoms with E-state index in [-0.39, 0.29) is 11.7 Å². The molecule has 0 atom stereocenters. The van der Waals surface area contributed by atoms with E-state index in [0.717, 1.165) is 11.1 Å². The van der Waals surface area contributed by atoms with E-state index in [4.69, 9.17) is 4.52 Å². The van der Waals surface area contributed by atoms with Crippen LogP contribution in [0.1, 0.15) is 29.9 Å². The number of nitrogens with zero attached hydrogens (tertiary/aromatic N) is 5. The first-order valence-electron chi connectivity index (χ1n) is 9.92. The minimum atomic E-state index is -0.320. The van der Waals surface area contributed by atoms with Crippen LogP contribution in [0, 0.1) is 5.82 Å². The van der Waals surface area contributed by atoms with E-state index >= 15 is 0 Å². The zero-order valence-electron chi connectivity index (χ0n) is 16.7. The van der Waals surface area contributed by atoms with Crippen LogP contribution in [-0.4, -0.2) is 30.8 Å². The fraction of sp³-hybridized carbons (Fsp3) is 0.227. The molecule has 8 nitrogen and oxygen atoms in total. The molecule has 0 aliphatic carbocycles. The summed E-state index contributed by atoms with van der Waals surface area (Å²) in [5.74, 6) is 0.488. The summed E-state index contributed by atoms with van der Waals surface area (Å²) in [7, 11) is 0. The topological polar surface area (TPSA) is 98.7 Å². The number of aromatic nitrogens is 5. The molecule has 0 saturated carbocycles. The van der Waals surface area contributed by atoms with E-state index in [1.165, 1.54) is 18.5 Å². The van der Waals surface area contributed by atoms with Crippen molar-refractivity contribution in [2.75, 3.05) is 0 Å². The van der Waals surface area contributed by atoms with Gasteiger partial charge in [0.1, 0.15) is 18.5 Å². The second kappa shape index (κ2) is 9.75. The van der Waals surface area contributed by atoms with Gasteiger partial charge in [0.2, 0.25) is 17.6 Å². The quantitative estimate of drug-likeness (QED) is 0.447. The summed E-state index contributed by atoms with van der Waals surface area (Å²) in [4.78, 5) is 20.5. The molecule has 0 saturated heterocycles. The van der Waals surface area contributed by atoms with Crippen molar-refractivity contribution in [3.63, 3.8) is 0 Å². The zero-order valence-corrected chi connectivity index (χ0v) is 16.7. The number of carbonyl (C=O) groups is 1. The van der Waals surface area contributed by atoms with Crippen molar-refractivity contribution < 1.29 is 13.7 Å². The molecule has 1 N–H and O–H groups in total. The molecular weight excluding hydrogens is 399 g/mol. The Hall–Kier alpha value is -3.88. The minimum absolute atomic E-state index is 0.0474. The van der Waals surface area contributed by atoms with E-state index in [2.05, 4.69) is 25.5 Å². The van der Waals surface area contributed by atoms with Crippen LogP contribution >= 0.6 is 0 Å². The third kappa shape index (κ3) is 5.59. The lowest BCUT2D eigenvalue weighted by Gasteiger charge is -2.10. The highest BCUT2D eigenvalue weighted by molar-refractivity contribution is 5.75. The number of nitrogens with one attached hydrogen (secondary N) is 1. The van der Waals surface area contributed by atoms with Crippen LogP contribution in [0.15, 0.2) is 65.7 Å². The van der Waals surface area contributed by atoms with E-state index in [1.807, 2.05) is 24.3 Å².